The molecule has 0 atom stereocenters. The van der Waals surface area contributed by atoms with Crippen LogP contribution in [0, 0.1) is 0 Å². The van der Waals surface area contributed by atoms with Gasteiger partial charge in [-0.25, -0.2) is 14.6 Å². The molecule has 3 aliphatic carbocycles. The summed E-state index contributed by atoms with van der Waals surface area (Å²) in [5.41, 5.74) is 8.32. The predicted molar refractivity (Wildman–Crippen MR) is 160 cm³/mol. The highest BCUT2D eigenvalue weighted by atomic mass is 16.5. The summed E-state index contributed by atoms with van der Waals surface area (Å²) in [5.74, 6) is 2.58. The maximum atomic E-state index is 5.68. The Bertz CT molecular complexity index is 2010. The van der Waals surface area contributed by atoms with Gasteiger partial charge in [0.25, 0.3) is 5.88 Å². The van der Waals surface area contributed by atoms with Gasteiger partial charge in [0.1, 0.15) is 11.5 Å². The van der Waals surface area contributed by atoms with Gasteiger partial charge in [0, 0.05) is 65.9 Å². The molecule has 42 heavy (non-hydrogen) atoms. The molecule has 5 heterocycles. The van der Waals surface area contributed by atoms with Crippen LogP contribution >= 0.6 is 0 Å². The lowest BCUT2D eigenvalue weighted by Crippen LogP contribution is -2.17. The first-order valence-corrected chi connectivity index (χ1v) is 15.1. The molecule has 0 unspecified atom stereocenters. The molecule has 9 rings (SSSR count). The van der Waals surface area contributed by atoms with Crippen LogP contribution in [0.15, 0.2) is 42.9 Å². The summed E-state index contributed by atoms with van der Waals surface area (Å²) in [4.78, 5) is 10.5. The van der Waals surface area contributed by atoms with Gasteiger partial charge in [0.15, 0.2) is 5.65 Å². The van der Waals surface area contributed by atoms with Gasteiger partial charge in [0.2, 0.25) is 0 Å². The van der Waals surface area contributed by atoms with Crippen molar-refractivity contribution in [1.29, 1.82) is 0 Å². The van der Waals surface area contributed by atoms with Gasteiger partial charge >= 0.3 is 0 Å². The number of methoxy groups -OCH3 is 1. The average molecular weight is 560 g/mol. The summed E-state index contributed by atoms with van der Waals surface area (Å²) in [6.07, 6.45) is 14.5. The molecule has 0 spiro atoms. The van der Waals surface area contributed by atoms with Crippen molar-refractivity contribution >= 4 is 21.9 Å². The minimum atomic E-state index is 0.446. The molecule has 0 radical (unpaired) electrons. The summed E-state index contributed by atoms with van der Waals surface area (Å²) in [5, 5.41) is 16.4. The van der Waals surface area contributed by atoms with Gasteiger partial charge in [-0.1, -0.05) is 12.1 Å². The van der Waals surface area contributed by atoms with Crippen molar-refractivity contribution in [3.05, 3.63) is 54.2 Å². The molecule has 3 fully saturated rings. The maximum absolute atomic E-state index is 5.68. The number of benzene rings is 1. The first kappa shape index (κ1) is 24.2. The van der Waals surface area contributed by atoms with E-state index in [2.05, 4.69) is 53.4 Å². The third-order valence-electron chi connectivity index (χ3n) is 9.32. The molecule has 3 saturated carbocycles. The second kappa shape index (κ2) is 8.77. The highest BCUT2D eigenvalue weighted by Crippen LogP contribution is 2.49. The van der Waals surface area contributed by atoms with Crippen LogP contribution < -0.4 is 4.74 Å². The summed E-state index contributed by atoms with van der Waals surface area (Å²) >= 11 is 0. The zero-order valence-electron chi connectivity index (χ0n) is 24.2. The Labute approximate surface area is 242 Å². The molecule has 0 amide bonds. The predicted octanol–water partition coefficient (Wildman–Crippen LogP) is 6.06. The molecule has 3 aliphatic rings. The lowest BCUT2D eigenvalue weighted by molar-refractivity contribution is 0.280. The number of fused-ring (bicyclic) bond motifs is 2. The van der Waals surface area contributed by atoms with Crippen molar-refractivity contribution in [2.24, 2.45) is 14.1 Å². The van der Waals surface area contributed by atoms with Gasteiger partial charge in [-0.2, -0.15) is 10.2 Å². The summed E-state index contributed by atoms with van der Waals surface area (Å²) in [6.45, 7) is 0. The molecule has 212 valence electrons. The van der Waals surface area contributed by atoms with Crippen LogP contribution in [0.3, 0.4) is 0 Å². The molecule has 0 saturated heterocycles. The van der Waals surface area contributed by atoms with Gasteiger partial charge in [-0.05, 0) is 57.1 Å². The second-order valence-electron chi connectivity index (χ2n) is 12.3. The molecule has 5 aromatic heterocycles. The number of aromatic nitrogens is 9. The normalized spacial score (nSPS) is 17.4. The van der Waals surface area contributed by atoms with Crippen molar-refractivity contribution < 1.29 is 4.74 Å². The van der Waals surface area contributed by atoms with E-state index in [0.717, 1.165) is 68.8 Å². The van der Waals surface area contributed by atoms with Gasteiger partial charge in [0.05, 0.1) is 36.3 Å². The molecule has 6 aromatic rings. The first-order chi connectivity index (χ1) is 20.6. The lowest BCUT2D eigenvalue weighted by Gasteiger charge is -2.25. The van der Waals surface area contributed by atoms with Gasteiger partial charge < -0.3 is 9.30 Å². The summed E-state index contributed by atoms with van der Waals surface area (Å²) in [6, 6.07) is 9.04. The first-order valence-electron chi connectivity index (χ1n) is 15.1. The Balaban J connectivity index is 1.21. The number of hydrogen-bond donors (Lipinski definition) is 0. The molecule has 0 N–H and O–H groups in total. The van der Waals surface area contributed by atoms with Crippen LogP contribution in [0.2, 0.25) is 0 Å². The summed E-state index contributed by atoms with van der Waals surface area (Å²) in [7, 11) is 5.81. The van der Waals surface area contributed by atoms with Crippen LogP contribution in [0.5, 0.6) is 5.88 Å². The minimum absolute atomic E-state index is 0.446. The van der Waals surface area contributed by atoms with E-state index in [9.17, 15) is 0 Å². The Morgan fingerprint density at radius 1 is 0.857 bits per heavy atom. The molecule has 10 nitrogen and oxygen atoms in total. The van der Waals surface area contributed by atoms with E-state index in [4.69, 9.17) is 24.9 Å². The zero-order chi connectivity index (χ0) is 28.1. The number of nitrogens with zero attached hydrogens (tertiary/aromatic N) is 9. The molecule has 10 heteroatoms. The van der Waals surface area contributed by atoms with E-state index in [1.165, 1.54) is 37.8 Å². The molecule has 0 bridgehead atoms. The minimum Gasteiger partial charge on any atom is -0.478 e. The summed E-state index contributed by atoms with van der Waals surface area (Å²) < 4.78 is 13.8. The second-order valence-corrected chi connectivity index (χ2v) is 12.3. The fraction of sp³-hybridized carbons (Fsp3) is 0.406. The number of imidazole rings is 1. The van der Waals surface area contributed by atoms with E-state index in [0.29, 0.717) is 23.8 Å². The van der Waals surface area contributed by atoms with Crippen molar-refractivity contribution in [3.8, 4) is 34.2 Å². The van der Waals surface area contributed by atoms with E-state index < -0.39 is 0 Å². The van der Waals surface area contributed by atoms with Crippen molar-refractivity contribution in [2.75, 3.05) is 7.11 Å². The molecular formula is C32H33N9O. The van der Waals surface area contributed by atoms with Crippen molar-refractivity contribution in [2.45, 2.75) is 62.8 Å². The van der Waals surface area contributed by atoms with E-state index in [1.54, 1.807) is 7.11 Å². The Morgan fingerprint density at radius 2 is 1.69 bits per heavy atom. The van der Waals surface area contributed by atoms with Crippen molar-refractivity contribution in [1.82, 2.24) is 43.9 Å². The Kier molecular flexibility index (Phi) is 5.04. The van der Waals surface area contributed by atoms with E-state index >= 15 is 0 Å². The van der Waals surface area contributed by atoms with Crippen LogP contribution in [0.4, 0.5) is 0 Å². The van der Waals surface area contributed by atoms with Crippen LogP contribution in [0.1, 0.15) is 74.2 Å². The highest BCUT2D eigenvalue weighted by molar-refractivity contribution is 5.95. The Hall–Kier alpha value is -4.47. The van der Waals surface area contributed by atoms with Crippen molar-refractivity contribution in [3.63, 3.8) is 0 Å². The molecule has 1 aromatic carbocycles. The average Bonchev–Trinajstić information content (AvgIpc) is 3.82. The van der Waals surface area contributed by atoms with Crippen LogP contribution in [-0.4, -0.2) is 51.0 Å². The fourth-order valence-electron chi connectivity index (χ4n) is 6.59. The van der Waals surface area contributed by atoms with E-state index in [-0.39, 0.29) is 0 Å². The highest BCUT2D eigenvalue weighted by Gasteiger charge is 2.35. The number of hydrogen-bond acceptors (Lipinski definition) is 6. The topological polar surface area (TPSA) is 93.4 Å². The van der Waals surface area contributed by atoms with Crippen LogP contribution in [-0.2, 0) is 14.1 Å². The lowest BCUT2D eigenvalue weighted by atomic mass is 9.93. The number of aryl methyl sites for hydroxylation is 1. The Morgan fingerprint density at radius 3 is 2.43 bits per heavy atom. The number of ether oxygens (including phenoxy) is 1. The third kappa shape index (κ3) is 3.66. The molecule has 0 aliphatic heterocycles. The number of rotatable bonds is 7. The quantitative estimate of drug-likeness (QED) is 0.236. The van der Waals surface area contributed by atoms with Gasteiger partial charge in [-0.15, -0.1) is 5.10 Å². The monoisotopic (exact) mass is 559 g/mol. The number of pyridine rings is 1. The van der Waals surface area contributed by atoms with E-state index in [1.807, 2.05) is 27.3 Å². The SMILES string of the molecule is COc1nn(C2CCC2)cc1-n1cc2c(-c3nc(-c4cc5cn(C)nc5nc4C4CC4)n(C)c3C3CC3)cccc2n1. The molecular weight excluding hydrogens is 526 g/mol. The van der Waals surface area contributed by atoms with Gasteiger partial charge in [-0.3, -0.25) is 9.36 Å². The largest absolute Gasteiger partial charge is 0.478 e. The fourth-order valence-corrected chi connectivity index (χ4v) is 6.59. The van der Waals surface area contributed by atoms with Crippen LogP contribution in [0.25, 0.3) is 50.3 Å². The third-order valence-corrected chi connectivity index (χ3v) is 9.32. The maximum Gasteiger partial charge on any atom is 0.258 e. The standard InChI is InChI=1S/C32H33N9O/c1-38-15-20-14-23(27(18-10-11-18)33-30(20)36-38)31-34-28(29(39(31)2)19-12-13-19)22-8-5-9-25-24(22)16-41(35-25)26-17-40(21-6-4-7-21)37-32(26)42-3/h5,8-9,14-19,21H,4,6-7,10-13H2,1-3H3. The zero-order valence-corrected chi connectivity index (χ0v) is 24.2. The smallest absolute Gasteiger partial charge is 0.258 e.